The molecule has 0 aromatic heterocycles. The van der Waals surface area contributed by atoms with Crippen molar-refractivity contribution in [3.05, 3.63) is 65.7 Å². The van der Waals surface area contributed by atoms with Crippen molar-refractivity contribution < 1.29 is 9.59 Å². The van der Waals surface area contributed by atoms with Crippen LogP contribution in [-0.4, -0.2) is 58.6 Å². The largest absolute Gasteiger partial charge is 0.327 e. The maximum Gasteiger partial charge on any atom is 0.327 e. The Balaban J connectivity index is 1.42. The van der Waals surface area contributed by atoms with Crippen LogP contribution in [0.15, 0.2) is 59.5 Å². The first-order valence-electron chi connectivity index (χ1n) is 10.0. The standard InChI is InChI=1S/C23H27N3O2S/c1-24-22(28)26(17-18-6-4-3-5-7-18)21(27)23(24)12-14-25(15-13-23)16-19-8-10-20(29-2)11-9-19/h3-11H,12-17H2,1-2H3. The Bertz CT molecular complexity index is 877. The zero-order valence-electron chi connectivity index (χ0n) is 17.0. The number of rotatable bonds is 5. The molecule has 0 bridgehead atoms. The predicted molar refractivity (Wildman–Crippen MR) is 116 cm³/mol. The van der Waals surface area contributed by atoms with Gasteiger partial charge in [0.2, 0.25) is 0 Å². The maximum atomic E-state index is 13.3. The summed E-state index contributed by atoms with van der Waals surface area (Å²) in [7, 11) is 1.78. The number of piperidine rings is 1. The fraction of sp³-hybridized carbons (Fsp3) is 0.391. The number of carbonyl (C=O) groups excluding carboxylic acids is 2. The summed E-state index contributed by atoms with van der Waals surface area (Å²) in [6.07, 6.45) is 3.45. The van der Waals surface area contributed by atoms with Gasteiger partial charge in [-0.15, -0.1) is 11.8 Å². The highest BCUT2D eigenvalue weighted by Crippen LogP contribution is 2.37. The van der Waals surface area contributed by atoms with Gasteiger partial charge >= 0.3 is 6.03 Å². The molecule has 2 saturated heterocycles. The lowest BCUT2D eigenvalue weighted by Gasteiger charge is -2.40. The van der Waals surface area contributed by atoms with Crippen molar-refractivity contribution in [2.45, 2.75) is 36.4 Å². The molecule has 5 nitrogen and oxygen atoms in total. The second-order valence-electron chi connectivity index (χ2n) is 7.87. The van der Waals surface area contributed by atoms with Gasteiger partial charge < -0.3 is 4.90 Å². The van der Waals surface area contributed by atoms with Crippen molar-refractivity contribution in [1.82, 2.24) is 14.7 Å². The van der Waals surface area contributed by atoms with E-state index in [1.165, 1.54) is 15.4 Å². The highest BCUT2D eigenvalue weighted by molar-refractivity contribution is 7.98. The molecule has 0 radical (unpaired) electrons. The molecule has 3 amide bonds. The normalized spacial score (nSPS) is 19.4. The number of thioether (sulfide) groups is 1. The first-order chi connectivity index (χ1) is 14.0. The van der Waals surface area contributed by atoms with E-state index >= 15 is 0 Å². The Morgan fingerprint density at radius 3 is 2.14 bits per heavy atom. The van der Waals surface area contributed by atoms with Crippen molar-refractivity contribution in [2.75, 3.05) is 26.4 Å². The molecule has 0 atom stereocenters. The number of imide groups is 1. The second-order valence-corrected chi connectivity index (χ2v) is 8.75. The predicted octanol–water partition coefficient (Wildman–Crippen LogP) is 3.84. The zero-order chi connectivity index (χ0) is 20.4. The van der Waals surface area contributed by atoms with Crippen molar-refractivity contribution >= 4 is 23.7 Å². The van der Waals surface area contributed by atoms with Crippen molar-refractivity contribution in [3.8, 4) is 0 Å². The summed E-state index contributed by atoms with van der Waals surface area (Å²) in [5.41, 5.74) is 1.57. The summed E-state index contributed by atoms with van der Waals surface area (Å²) in [6.45, 7) is 2.85. The fourth-order valence-corrected chi connectivity index (χ4v) is 4.78. The molecule has 2 aromatic rings. The lowest BCUT2D eigenvalue weighted by atomic mass is 9.86. The number of likely N-dealkylation sites (tertiary alicyclic amines) is 1. The van der Waals surface area contributed by atoms with E-state index in [9.17, 15) is 9.59 Å². The second kappa shape index (κ2) is 8.20. The van der Waals surface area contributed by atoms with Crippen LogP contribution in [0.1, 0.15) is 24.0 Å². The molecule has 0 aliphatic carbocycles. The molecular weight excluding hydrogens is 382 g/mol. The van der Waals surface area contributed by atoms with E-state index in [0.717, 1.165) is 25.2 Å². The smallest absolute Gasteiger partial charge is 0.312 e. The van der Waals surface area contributed by atoms with E-state index in [0.29, 0.717) is 19.4 Å². The van der Waals surface area contributed by atoms with Crippen LogP contribution in [0.2, 0.25) is 0 Å². The Labute approximate surface area is 176 Å². The molecule has 0 unspecified atom stereocenters. The van der Waals surface area contributed by atoms with Crippen LogP contribution >= 0.6 is 11.8 Å². The average Bonchev–Trinajstić information content (AvgIpc) is 2.93. The van der Waals surface area contributed by atoms with E-state index in [1.807, 2.05) is 30.3 Å². The van der Waals surface area contributed by atoms with Gasteiger partial charge in [0.1, 0.15) is 5.54 Å². The molecular formula is C23H27N3O2S. The molecule has 2 aromatic carbocycles. The average molecular weight is 410 g/mol. The van der Waals surface area contributed by atoms with Crippen LogP contribution in [0.4, 0.5) is 4.79 Å². The number of hydrogen-bond acceptors (Lipinski definition) is 4. The molecule has 152 valence electrons. The van der Waals surface area contributed by atoms with Gasteiger partial charge in [-0.05, 0) is 42.4 Å². The monoisotopic (exact) mass is 409 g/mol. The van der Waals surface area contributed by atoms with Gasteiger partial charge in [0, 0.05) is 31.6 Å². The number of nitrogens with zero attached hydrogens (tertiary/aromatic N) is 3. The molecule has 0 N–H and O–H groups in total. The Morgan fingerprint density at radius 1 is 0.897 bits per heavy atom. The van der Waals surface area contributed by atoms with Crippen molar-refractivity contribution in [3.63, 3.8) is 0 Å². The van der Waals surface area contributed by atoms with Crippen molar-refractivity contribution in [1.29, 1.82) is 0 Å². The molecule has 6 heteroatoms. The highest BCUT2D eigenvalue weighted by Gasteiger charge is 2.56. The molecule has 4 rings (SSSR count). The fourth-order valence-electron chi connectivity index (χ4n) is 4.37. The van der Waals surface area contributed by atoms with Gasteiger partial charge in [-0.1, -0.05) is 42.5 Å². The molecule has 2 aliphatic rings. The van der Waals surface area contributed by atoms with Crippen molar-refractivity contribution in [2.24, 2.45) is 0 Å². The maximum absolute atomic E-state index is 13.3. The van der Waals surface area contributed by atoms with Gasteiger partial charge in [0.25, 0.3) is 5.91 Å². The summed E-state index contributed by atoms with van der Waals surface area (Å²) < 4.78 is 0. The summed E-state index contributed by atoms with van der Waals surface area (Å²) in [5, 5.41) is 0. The SMILES string of the molecule is CSc1ccc(CN2CCC3(CC2)C(=O)N(Cc2ccccc2)C(=O)N3C)cc1. The minimum Gasteiger partial charge on any atom is -0.312 e. The first-order valence-corrected chi connectivity index (χ1v) is 11.2. The Kier molecular flexibility index (Phi) is 5.65. The summed E-state index contributed by atoms with van der Waals surface area (Å²) in [4.78, 5) is 32.9. The molecule has 0 saturated carbocycles. The van der Waals surface area contributed by atoms with Gasteiger partial charge in [-0.3, -0.25) is 14.6 Å². The third-order valence-corrected chi connectivity index (χ3v) is 6.98. The van der Waals surface area contributed by atoms with E-state index in [-0.39, 0.29) is 11.9 Å². The number of benzene rings is 2. The lowest BCUT2D eigenvalue weighted by Crippen LogP contribution is -2.55. The summed E-state index contributed by atoms with van der Waals surface area (Å²) in [6, 6.07) is 18.2. The highest BCUT2D eigenvalue weighted by atomic mass is 32.2. The van der Waals surface area contributed by atoms with Gasteiger partial charge in [-0.2, -0.15) is 0 Å². The molecule has 2 aliphatic heterocycles. The number of hydrogen-bond donors (Lipinski definition) is 0. The summed E-state index contributed by atoms with van der Waals surface area (Å²) >= 11 is 1.74. The van der Waals surface area contributed by atoms with E-state index in [1.54, 1.807) is 23.7 Å². The summed E-state index contributed by atoms with van der Waals surface area (Å²) in [5.74, 6) is -0.0437. The van der Waals surface area contributed by atoms with E-state index in [4.69, 9.17) is 0 Å². The molecule has 1 spiro atoms. The quantitative estimate of drug-likeness (QED) is 0.556. The molecule has 2 heterocycles. The Morgan fingerprint density at radius 2 is 1.52 bits per heavy atom. The van der Waals surface area contributed by atoms with Gasteiger partial charge in [0.15, 0.2) is 0 Å². The van der Waals surface area contributed by atoms with Crippen LogP contribution in [0.5, 0.6) is 0 Å². The van der Waals surface area contributed by atoms with E-state index < -0.39 is 5.54 Å². The third kappa shape index (κ3) is 3.79. The topological polar surface area (TPSA) is 43.9 Å². The van der Waals surface area contributed by atoms with Crippen LogP contribution in [0.25, 0.3) is 0 Å². The number of amides is 3. The number of urea groups is 1. The van der Waals surface area contributed by atoms with E-state index in [2.05, 4.69) is 35.4 Å². The Hall–Kier alpha value is -2.31. The van der Waals surface area contributed by atoms with Crippen LogP contribution in [0, 0.1) is 0 Å². The third-order valence-electron chi connectivity index (χ3n) is 6.24. The van der Waals surface area contributed by atoms with Crippen LogP contribution in [0.3, 0.4) is 0 Å². The molecule has 29 heavy (non-hydrogen) atoms. The molecule has 2 fully saturated rings. The first kappa shape index (κ1) is 20.0. The zero-order valence-corrected chi connectivity index (χ0v) is 17.8. The number of carbonyl (C=O) groups is 2. The number of likely N-dealkylation sites (N-methyl/N-ethyl adjacent to an activating group) is 1. The van der Waals surface area contributed by atoms with Gasteiger partial charge in [0.05, 0.1) is 6.54 Å². The lowest BCUT2D eigenvalue weighted by molar-refractivity contribution is -0.135. The minimum absolute atomic E-state index is 0.0437. The van der Waals surface area contributed by atoms with Gasteiger partial charge in [-0.25, -0.2) is 4.79 Å². The minimum atomic E-state index is -0.689. The van der Waals surface area contributed by atoms with Crippen LogP contribution in [-0.2, 0) is 17.9 Å². The van der Waals surface area contributed by atoms with Crippen LogP contribution < -0.4 is 0 Å².